The Bertz CT molecular complexity index is 1950. The van der Waals surface area contributed by atoms with Gasteiger partial charge in [0.15, 0.2) is 23.9 Å². The van der Waals surface area contributed by atoms with E-state index in [0.29, 0.717) is 0 Å². The molecule has 2 N–H and O–H groups in total. The molecule has 0 saturated carbocycles. The van der Waals surface area contributed by atoms with Crippen molar-refractivity contribution in [1.29, 1.82) is 0 Å². The van der Waals surface area contributed by atoms with Crippen LogP contribution in [0.1, 0.15) is 43.7 Å². The SMILES string of the molecule is COCC1OC(NC(=O)CCC(=O)OCC2c3ccccc3-c3ccccc32)C(OC)[C@@H](OC)[C@H]1O[C@@H]1OC(COC)[C@H](O[C@@H]2OC(C)[C@H](NC(=O)CSC(C)=O)[C@H](OC)C2OC)[C@H](OC)C1OC. The molecule has 2 aromatic rings. The van der Waals surface area contributed by atoms with Crippen molar-refractivity contribution in [3.05, 3.63) is 59.7 Å². The average Bonchev–Trinajstić information content (AvgIpc) is 3.66. The molecular formula is C48H68N2O18S. The smallest absolute Gasteiger partial charge is 0.306 e. The average molecular weight is 993 g/mol. The molecule has 1 aliphatic carbocycles. The molecule has 6 rings (SSSR count). The molecule has 20 nitrogen and oxygen atoms in total. The topological polar surface area (TPSA) is 222 Å². The highest BCUT2D eigenvalue weighted by Crippen LogP contribution is 2.44. The summed E-state index contributed by atoms with van der Waals surface area (Å²) in [6.07, 6.45) is -12.9. The molecule has 15 atom stereocenters. The zero-order valence-corrected chi connectivity index (χ0v) is 41.7. The first-order chi connectivity index (χ1) is 33.4. The van der Waals surface area contributed by atoms with Crippen LogP contribution in [0.4, 0.5) is 0 Å². The quantitative estimate of drug-likeness (QED) is 0.153. The lowest BCUT2D eigenvalue weighted by Gasteiger charge is -2.51. The van der Waals surface area contributed by atoms with Crippen molar-refractivity contribution in [2.75, 3.05) is 82.5 Å². The Hall–Kier alpha value is -3.65. The van der Waals surface area contributed by atoms with Gasteiger partial charge in [0.2, 0.25) is 11.8 Å². The highest BCUT2D eigenvalue weighted by molar-refractivity contribution is 8.14. The first-order valence-electron chi connectivity index (χ1n) is 22.8. The number of hydrogen-bond acceptors (Lipinski definition) is 19. The van der Waals surface area contributed by atoms with Gasteiger partial charge in [0.05, 0.1) is 37.5 Å². The maximum absolute atomic E-state index is 13.5. The van der Waals surface area contributed by atoms with Crippen molar-refractivity contribution >= 4 is 34.7 Å². The Labute approximate surface area is 407 Å². The van der Waals surface area contributed by atoms with Crippen LogP contribution < -0.4 is 10.6 Å². The van der Waals surface area contributed by atoms with Gasteiger partial charge in [-0.1, -0.05) is 60.3 Å². The lowest BCUT2D eigenvalue weighted by Crippen LogP contribution is -2.69. The predicted octanol–water partition coefficient (Wildman–Crippen LogP) is 2.35. The second kappa shape index (κ2) is 26.2. The fraction of sp³-hybridized carbons (Fsp3) is 0.667. The maximum atomic E-state index is 13.5. The van der Waals surface area contributed by atoms with Gasteiger partial charge in [0.25, 0.3) is 0 Å². The van der Waals surface area contributed by atoms with E-state index in [1.165, 1.54) is 63.8 Å². The minimum absolute atomic E-state index is 0.00564. The Kier molecular flexibility index (Phi) is 20.7. The number of hydrogen-bond donors (Lipinski definition) is 2. The summed E-state index contributed by atoms with van der Waals surface area (Å²) in [5, 5.41) is 5.59. The second-order valence-corrected chi connectivity index (χ2v) is 18.2. The number of carbonyl (C=O) groups excluding carboxylic acids is 4. The van der Waals surface area contributed by atoms with Crippen LogP contribution in [0.2, 0.25) is 0 Å². The third kappa shape index (κ3) is 12.9. The van der Waals surface area contributed by atoms with E-state index in [1.54, 1.807) is 6.92 Å². The zero-order valence-electron chi connectivity index (χ0n) is 40.9. The van der Waals surface area contributed by atoms with Crippen LogP contribution in [0.5, 0.6) is 0 Å². The van der Waals surface area contributed by atoms with E-state index in [-0.39, 0.29) is 55.4 Å². The molecule has 384 valence electrons. The molecule has 7 unspecified atom stereocenters. The third-order valence-corrected chi connectivity index (χ3v) is 13.7. The van der Waals surface area contributed by atoms with Gasteiger partial charge in [-0.3, -0.25) is 19.2 Å². The van der Waals surface area contributed by atoms with E-state index in [2.05, 4.69) is 22.8 Å². The minimum Gasteiger partial charge on any atom is -0.465 e. The second-order valence-electron chi connectivity index (χ2n) is 17.0. The summed E-state index contributed by atoms with van der Waals surface area (Å²) in [4.78, 5) is 50.8. The normalized spacial score (nSPS) is 32.2. The summed E-state index contributed by atoms with van der Waals surface area (Å²) < 4.78 is 85.5. The van der Waals surface area contributed by atoms with Crippen molar-refractivity contribution in [3.8, 4) is 11.1 Å². The lowest BCUT2D eigenvalue weighted by atomic mass is 9.94. The number of esters is 1. The monoisotopic (exact) mass is 992 g/mol. The summed E-state index contributed by atoms with van der Waals surface area (Å²) in [6.45, 7) is 3.32. The van der Waals surface area contributed by atoms with Crippen molar-refractivity contribution < 1.29 is 85.5 Å². The van der Waals surface area contributed by atoms with E-state index in [1.807, 2.05) is 36.4 Å². The minimum atomic E-state index is -1.14. The van der Waals surface area contributed by atoms with Crippen LogP contribution in [0.25, 0.3) is 11.1 Å². The first kappa shape index (κ1) is 54.7. The summed E-state index contributed by atoms with van der Waals surface area (Å²) in [6, 6.07) is 15.5. The molecule has 4 aliphatic rings. The number of nitrogens with one attached hydrogen (secondary N) is 2. The number of rotatable bonds is 23. The van der Waals surface area contributed by atoms with Crippen LogP contribution in [-0.4, -0.2) is 197 Å². The van der Waals surface area contributed by atoms with E-state index >= 15 is 0 Å². The molecule has 0 aromatic heterocycles. The number of amides is 2. The van der Waals surface area contributed by atoms with Gasteiger partial charge in [-0.25, -0.2) is 0 Å². The fourth-order valence-electron chi connectivity index (χ4n) is 9.66. The Morgan fingerprint density at radius 3 is 1.61 bits per heavy atom. The molecule has 0 bridgehead atoms. The van der Waals surface area contributed by atoms with E-state index in [9.17, 15) is 19.2 Å². The molecule has 69 heavy (non-hydrogen) atoms. The van der Waals surface area contributed by atoms with Crippen LogP contribution >= 0.6 is 11.8 Å². The van der Waals surface area contributed by atoms with Crippen molar-refractivity contribution in [1.82, 2.24) is 10.6 Å². The lowest BCUT2D eigenvalue weighted by molar-refractivity contribution is -0.374. The highest BCUT2D eigenvalue weighted by atomic mass is 32.2. The summed E-state index contributed by atoms with van der Waals surface area (Å²) in [5.41, 5.74) is 4.42. The van der Waals surface area contributed by atoms with Crippen molar-refractivity contribution in [3.63, 3.8) is 0 Å². The van der Waals surface area contributed by atoms with Gasteiger partial charge in [-0.2, -0.15) is 0 Å². The van der Waals surface area contributed by atoms with Gasteiger partial charge < -0.3 is 76.9 Å². The molecule has 2 aromatic carbocycles. The Morgan fingerprint density at radius 1 is 0.565 bits per heavy atom. The van der Waals surface area contributed by atoms with Gasteiger partial charge in [0, 0.05) is 76.1 Å². The standard InChI is InChI=1S/C48H68N2O18S/c1-25-37(49-35(53)24-69-26(2)51)40(57-5)44(61-9)47(64-25)67-39-33(23-56-4)66-48(45(62-10)42(39)59-7)68-38-32(22-55-3)65-46(43(60-8)41(38)58-6)50-34(52)19-20-36(54)63-21-31-29-17-13-11-15-27(29)28-16-12-14-18-30(28)31/h11-18,25,31-33,37-48H,19-24H2,1-10H3,(H,49,53)(H,50,52)/t25?,32?,33?,37-,38-,39-,40-,41-,42-,43?,44?,45?,46?,47-,48-/m0/s1. The molecule has 3 fully saturated rings. The molecule has 21 heteroatoms. The highest BCUT2D eigenvalue weighted by Gasteiger charge is 2.56. The largest absolute Gasteiger partial charge is 0.465 e. The maximum Gasteiger partial charge on any atom is 0.306 e. The van der Waals surface area contributed by atoms with Crippen molar-refractivity contribution in [2.45, 2.75) is 125 Å². The van der Waals surface area contributed by atoms with Gasteiger partial charge in [-0.05, 0) is 29.2 Å². The Balaban J connectivity index is 1.10. The van der Waals surface area contributed by atoms with Crippen LogP contribution in [0.15, 0.2) is 48.5 Å². The number of carbonyl (C=O) groups is 4. The van der Waals surface area contributed by atoms with Crippen LogP contribution in [0.3, 0.4) is 0 Å². The molecule has 3 aliphatic heterocycles. The molecule has 2 amide bonds. The molecule has 0 spiro atoms. The molecule has 0 radical (unpaired) electrons. The summed E-state index contributed by atoms with van der Waals surface area (Å²) in [5.74, 6) is -1.53. The molecule has 3 heterocycles. The third-order valence-electron chi connectivity index (χ3n) is 12.9. The molecular weight excluding hydrogens is 925 g/mol. The zero-order chi connectivity index (χ0) is 49.8. The van der Waals surface area contributed by atoms with E-state index in [4.69, 9.17) is 66.3 Å². The first-order valence-corrected chi connectivity index (χ1v) is 23.8. The number of thioether (sulfide) groups is 1. The van der Waals surface area contributed by atoms with Crippen LogP contribution in [0, 0.1) is 0 Å². The van der Waals surface area contributed by atoms with E-state index in [0.717, 1.165) is 34.0 Å². The fourth-order valence-corrected chi connectivity index (χ4v) is 10.1. The number of fused-ring (bicyclic) bond motifs is 3. The van der Waals surface area contributed by atoms with Gasteiger partial charge in [0.1, 0.15) is 67.6 Å². The molecule has 3 saturated heterocycles. The summed E-state index contributed by atoms with van der Waals surface area (Å²) in [7, 11) is 11.9. The predicted molar refractivity (Wildman–Crippen MR) is 247 cm³/mol. The van der Waals surface area contributed by atoms with Gasteiger partial charge in [-0.15, -0.1) is 0 Å². The van der Waals surface area contributed by atoms with E-state index < -0.39 is 104 Å². The summed E-state index contributed by atoms with van der Waals surface area (Å²) >= 11 is 0.895. The van der Waals surface area contributed by atoms with Crippen molar-refractivity contribution in [2.24, 2.45) is 0 Å². The Morgan fingerprint density at radius 2 is 1.07 bits per heavy atom. The number of methoxy groups -OCH3 is 8. The van der Waals surface area contributed by atoms with Gasteiger partial charge >= 0.3 is 5.97 Å². The number of ether oxygens (including phenoxy) is 14. The van der Waals surface area contributed by atoms with Crippen LogP contribution in [-0.2, 0) is 85.5 Å². The number of benzene rings is 2.